The van der Waals surface area contributed by atoms with Gasteiger partial charge in [0.15, 0.2) is 5.01 Å². The maximum absolute atomic E-state index is 12.3. The zero-order chi connectivity index (χ0) is 25.1. The van der Waals surface area contributed by atoms with Crippen molar-refractivity contribution in [1.29, 1.82) is 5.41 Å². The Morgan fingerprint density at radius 2 is 1.94 bits per heavy atom. The molecule has 0 fully saturated rings. The number of nitrogens with zero attached hydrogens (tertiary/aromatic N) is 5. The number of carbonyl (C=O) groups excluding carboxylic acids is 1. The van der Waals surface area contributed by atoms with Crippen LogP contribution in [0.3, 0.4) is 0 Å². The fourth-order valence-electron chi connectivity index (χ4n) is 2.66. The molecule has 0 saturated carbocycles. The number of hydrogen-bond donors (Lipinski definition) is 5. The minimum Gasteiger partial charge on any atom is -0.400 e. The predicted octanol–water partition coefficient (Wildman–Crippen LogP) is 3.10. The number of pyridine rings is 1. The molecule has 0 aliphatic heterocycles. The summed E-state index contributed by atoms with van der Waals surface area (Å²) < 4.78 is 11.1. The molecule has 0 unspecified atom stereocenters. The smallest absolute Gasteiger partial charge is 0.258 e. The molecule has 1 aromatic carbocycles. The highest BCUT2D eigenvalue weighted by molar-refractivity contribution is 7.18. The molecule has 0 bridgehead atoms. The summed E-state index contributed by atoms with van der Waals surface area (Å²) in [5.74, 6) is -0.271. The summed E-state index contributed by atoms with van der Waals surface area (Å²) in [6.07, 6.45) is 7.54. The Kier molecular flexibility index (Phi) is 9.73. The molecule has 0 aliphatic carbocycles. The Bertz CT molecular complexity index is 1240. The Morgan fingerprint density at radius 3 is 2.62 bits per heavy atom. The SMILES string of the molecule is CF.CO.Cn1cc(C(=O)Nc2cncc(-c3nnc(Nc4ccc(N)c(C=N)c4)s3)c2)cn1. The van der Waals surface area contributed by atoms with E-state index in [1.54, 1.807) is 54.6 Å². The Morgan fingerprint density at radius 1 is 1.18 bits per heavy atom. The van der Waals surface area contributed by atoms with Crippen molar-refractivity contribution in [2.24, 2.45) is 7.05 Å². The molecule has 0 aliphatic rings. The number of aliphatic hydroxyl groups excluding tert-OH is 1. The van der Waals surface area contributed by atoms with Crippen LogP contribution in [0.5, 0.6) is 0 Å². The highest BCUT2D eigenvalue weighted by atomic mass is 32.1. The molecule has 4 aromatic rings. The molecular formula is C21H24FN9O2S. The zero-order valence-corrected chi connectivity index (χ0v) is 19.5. The third-order valence-corrected chi connectivity index (χ3v) is 5.02. The van der Waals surface area contributed by atoms with Gasteiger partial charge in [-0.3, -0.25) is 18.9 Å². The molecule has 1 amide bonds. The minimum atomic E-state index is -0.271. The first-order chi connectivity index (χ1) is 16.5. The van der Waals surface area contributed by atoms with Gasteiger partial charge in [0.2, 0.25) is 5.13 Å². The van der Waals surface area contributed by atoms with Gasteiger partial charge in [0.05, 0.1) is 30.8 Å². The number of nitrogens with one attached hydrogen (secondary N) is 3. The predicted molar refractivity (Wildman–Crippen MR) is 131 cm³/mol. The molecule has 0 saturated heterocycles. The number of amides is 1. The molecule has 13 heteroatoms. The van der Waals surface area contributed by atoms with E-state index in [0.717, 1.165) is 18.4 Å². The van der Waals surface area contributed by atoms with Crippen molar-refractivity contribution < 1.29 is 14.3 Å². The van der Waals surface area contributed by atoms with Gasteiger partial charge >= 0.3 is 0 Å². The molecule has 11 nitrogen and oxygen atoms in total. The Hall–Kier alpha value is -4.23. The fraction of sp³-hybridized carbons (Fsp3) is 0.143. The number of hydrogen-bond acceptors (Lipinski definition) is 10. The van der Waals surface area contributed by atoms with E-state index in [1.807, 2.05) is 0 Å². The number of rotatable bonds is 6. The van der Waals surface area contributed by atoms with Crippen LogP contribution in [-0.2, 0) is 7.05 Å². The third-order valence-electron chi connectivity index (χ3n) is 4.13. The second-order valence-corrected chi connectivity index (χ2v) is 7.32. The van der Waals surface area contributed by atoms with Crippen molar-refractivity contribution in [3.8, 4) is 10.6 Å². The number of halogens is 1. The second kappa shape index (κ2) is 12.7. The zero-order valence-electron chi connectivity index (χ0n) is 18.7. The largest absolute Gasteiger partial charge is 0.400 e. The van der Waals surface area contributed by atoms with Gasteiger partial charge in [0.25, 0.3) is 5.91 Å². The summed E-state index contributed by atoms with van der Waals surface area (Å²) in [7, 11) is 3.25. The normalized spacial score (nSPS) is 9.68. The van der Waals surface area contributed by atoms with E-state index in [4.69, 9.17) is 16.2 Å². The maximum Gasteiger partial charge on any atom is 0.258 e. The molecule has 178 valence electrons. The van der Waals surface area contributed by atoms with Crippen LogP contribution >= 0.6 is 11.3 Å². The topological polar surface area (TPSA) is 168 Å². The van der Waals surface area contributed by atoms with Crippen LogP contribution in [0.25, 0.3) is 10.6 Å². The van der Waals surface area contributed by atoms with Gasteiger partial charge in [-0.1, -0.05) is 11.3 Å². The monoisotopic (exact) mass is 485 g/mol. The van der Waals surface area contributed by atoms with E-state index in [2.05, 4.69) is 30.9 Å². The fourth-order valence-corrected chi connectivity index (χ4v) is 3.40. The highest BCUT2D eigenvalue weighted by Gasteiger charge is 2.12. The van der Waals surface area contributed by atoms with E-state index in [-0.39, 0.29) is 5.91 Å². The maximum atomic E-state index is 12.3. The van der Waals surface area contributed by atoms with Gasteiger partial charge in [0.1, 0.15) is 0 Å². The summed E-state index contributed by atoms with van der Waals surface area (Å²) in [5, 5.41) is 33.9. The van der Waals surface area contributed by atoms with Crippen LogP contribution in [0.4, 0.5) is 26.6 Å². The molecule has 4 rings (SSSR count). The van der Waals surface area contributed by atoms with Gasteiger partial charge in [-0.25, -0.2) is 0 Å². The van der Waals surface area contributed by atoms with E-state index in [9.17, 15) is 9.18 Å². The van der Waals surface area contributed by atoms with Crippen molar-refractivity contribution in [3.63, 3.8) is 0 Å². The molecule has 0 radical (unpaired) electrons. The molecule has 3 aromatic heterocycles. The average Bonchev–Trinajstić information content (AvgIpc) is 3.52. The number of aryl methyl sites for hydroxylation is 1. The summed E-state index contributed by atoms with van der Waals surface area (Å²) in [6.45, 7) is 0. The second-order valence-electron chi connectivity index (χ2n) is 6.34. The van der Waals surface area contributed by atoms with E-state index < -0.39 is 0 Å². The summed E-state index contributed by atoms with van der Waals surface area (Å²) >= 11 is 1.34. The average molecular weight is 486 g/mol. The highest BCUT2D eigenvalue weighted by Crippen LogP contribution is 2.30. The van der Waals surface area contributed by atoms with Crippen LogP contribution in [-0.4, -0.2) is 56.5 Å². The van der Waals surface area contributed by atoms with Gasteiger partial charge in [-0.2, -0.15) is 5.10 Å². The lowest BCUT2D eigenvalue weighted by Gasteiger charge is -2.05. The van der Waals surface area contributed by atoms with Crippen LogP contribution in [0.15, 0.2) is 49.1 Å². The number of benzene rings is 1. The summed E-state index contributed by atoms with van der Waals surface area (Å²) in [5.41, 5.74) is 9.44. The first-order valence-corrected chi connectivity index (χ1v) is 10.4. The molecule has 0 spiro atoms. The Labute approximate surface area is 199 Å². The van der Waals surface area contributed by atoms with Gasteiger partial charge in [0, 0.05) is 55.3 Å². The molecule has 6 N–H and O–H groups in total. The lowest BCUT2D eigenvalue weighted by Crippen LogP contribution is -2.11. The quantitative estimate of drug-likeness (QED) is 0.205. The number of nitrogens with two attached hydrogens (primary N) is 1. The van der Waals surface area contributed by atoms with Crippen molar-refractivity contribution in [2.45, 2.75) is 0 Å². The lowest BCUT2D eigenvalue weighted by atomic mass is 10.2. The van der Waals surface area contributed by atoms with E-state index >= 15 is 0 Å². The van der Waals surface area contributed by atoms with Crippen molar-refractivity contribution in [2.75, 3.05) is 30.7 Å². The third kappa shape index (κ3) is 6.63. The lowest BCUT2D eigenvalue weighted by molar-refractivity contribution is 0.102. The van der Waals surface area contributed by atoms with Crippen molar-refractivity contribution in [3.05, 3.63) is 60.2 Å². The molecule has 34 heavy (non-hydrogen) atoms. The van der Waals surface area contributed by atoms with E-state index in [0.29, 0.717) is 39.8 Å². The number of nitrogen functional groups attached to an aromatic ring is 1. The van der Waals surface area contributed by atoms with Crippen molar-refractivity contribution >= 4 is 45.7 Å². The number of anilines is 4. The minimum absolute atomic E-state index is 0.271. The van der Waals surface area contributed by atoms with E-state index in [1.165, 1.54) is 23.7 Å². The number of aromatic nitrogens is 5. The van der Waals surface area contributed by atoms with Gasteiger partial charge < -0.3 is 26.9 Å². The first-order valence-electron chi connectivity index (χ1n) is 9.60. The Balaban J connectivity index is 0.000000970. The van der Waals surface area contributed by atoms with Crippen LogP contribution in [0, 0.1) is 5.41 Å². The van der Waals surface area contributed by atoms with Crippen LogP contribution < -0.4 is 16.4 Å². The number of alkyl halides is 1. The van der Waals surface area contributed by atoms with Gasteiger partial charge in [-0.05, 0) is 24.3 Å². The van der Waals surface area contributed by atoms with Crippen LogP contribution in [0.1, 0.15) is 15.9 Å². The van der Waals surface area contributed by atoms with Gasteiger partial charge in [-0.15, -0.1) is 10.2 Å². The first kappa shape index (κ1) is 26.0. The number of carbonyl (C=O) groups is 1. The molecular weight excluding hydrogens is 461 g/mol. The molecule has 0 atom stereocenters. The van der Waals surface area contributed by atoms with Crippen molar-refractivity contribution in [1.82, 2.24) is 25.0 Å². The molecule has 3 heterocycles. The van der Waals surface area contributed by atoms with Crippen LogP contribution in [0.2, 0.25) is 0 Å². The summed E-state index contributed by atoms with van der Waals surface area (Å²) in [4.78, 5) is 16.5. The summed E-state index contributed by atoms with van der Waals surface area (Å²) in [6, 6.07) is 7.07. The number of aliphatic hydroxyl groups is 1. The standard InChI is InChI=1S/C19H17N9OS.CH3F.CH4O/c1-28-10-13(8-23-28)17(29)24-15-5-12(7-22-9-15)18-26-27-19(30-18)25-14-2-3-16(21)11(4-14)6-20;2*1-2/h2-10,20H,21H2,1H3,(H,24,29)(H,25,27);1H3;2H,1H3.